The molecule has 2 aromatic heterocycles. The molecule has 9 heteroatoms. The average Bonchev–Trinajstić information content (AvgIpc) is 2.93. The van der Waals surface area contributed by atoms with Gasteiger partial charge in [-0.15, -0.1) is 0 Å². The van der Waals surface area contributed by atoms with Gasteiger partial charge in [0.1, 0.15) is 29.0 Å². The van der Waals surface area contributed by atoms with Crippen LogP contribution in [0.2, 0.25) is 5.15 Å². The van der Waals surface area contributed by atoms with E-state index in [0.717, 1.165) is 0 Å². The van der Waals surface area contributed by atoms with Crippen LogP contribution in [-0.2, 0) is 4.74 Å². The third-order valence-electron chi connectivity index (χ3n) is 3.35. The lowest BCUT2D eigenvalue weighted by molar-refractivity contribution is -0.0508. The Morgan fingerprint density at radius 2 is 2.15 bits per heavy atom. The van der Waals surface area contributed by atoms with Gasteiger partial charge in [0.2, 0.25) is 0 Å². The Labute approximate surface area is 118 Å². The number of nitrogens with zero attached hydrogens (tertiary/aromatic N) is 3. The fraction of sp³-hybridized carbons (Fsp3) is 0.455. The zero-order chi connectivity index (χ0) is 14.4. The van der Waals surface area contributed by atoms with Crippen LogP contribution in [0.1, 0.15) is 6.23 Å². The molecule has 8 nitrogen and oxygen atoms in total. The van der Waals surface area contributed by atoms with Gasteiger partial charge in [0.15, 0.2) is 12.0 Å². The van der Waals surface area contributed by atoms with Crippen LogP contribution in [0.5, 0.6) is 0 Å². The molecule has 1 aliphatic heterocycles. The number of nitrogens with two attached hydrogens (primary N) is 1. The second-order valence-corrected chi connectivity index (χ2v) is 4.97. The van der Waals surface area contributed by atoms with Crippen molar-refractivity contribution >= 4 is 28.5 Å². The summed E-state index contributed by atoms with van der Waals surface area (Å²) >= 11 is 5.86. The summed E-state index contributed by atoms with van der Waals surface area (Å²) in [7, 11) is 0. The zero-order valence-corrected chi connectivity index (χ0v) is 11.0. The van der Waals surface area contributed by atoms with E-state index in [1.165, 1.54) is 17.0 Å². The number of hydrogen-bond donors (Lipinski definition) is 4. The van der Waals surface area contributed by atoms with Crippen LogP contribution >= 0.6 is 11.6 Å². The molecule has 1 saturated heterocycles. The largest absolute Gasteiger partial charge is 0.394 e. The molecule has 1 unspecified atom stereocenters. The fourth-order valence-electron chi connectivity index (χ4n) is 2.34. The molecule has 0 aromatic carbocycles. The van der Waals surface area contributed by atoms with E-state index in [-0.39, 0.29) is 11.0 Å². The van der Waals surface area contributed by atoms with E-state index in [9.17, 15) is 10.2 Å². The van der Waals surface area contributed by atoms with Crippen LogP contribution in [0.15, 0.2) is 12.4 Å². The third kappa shape index (κ3) is 1.93. The van der Waals surface area contributed by atoms with Gasteiger partial charge < -0.3 is 30.4 Å². The number of aliphatic hydroxyl groups is 3. The lowest BCUT2D eigenvalue weighted by Crippen LogP contribution is -2.33. The van der Waals surface area contributed by atoms with Crippen molar-refractivity contribution in [3.8, 4) is 0 Å². The summed E-state index contributed by atoms with van der Waals surface area (Å²) in [6.45, 7) is -0.397. The molecule has 0 amide bonds. The number of imidazole rings is 1. The van der Waals surface area contributed by atoms with Crippen molar-refractivity contribution in [2.24, 2.45) is 0 Å². The molecule has 0 bridgehead atoms. The normalized spacial score (nSPS) is 30.2. The Balaban J connectivity index is 2.07. The van der Waals surface area contributed by atoms with Gasteiger partial charge in [-0.3, -0.25) is 0 Å². The van der Waals surface area contributed by atoms with E-state index in [1.54, 1.807) is 0 Å². The topological polar surface area (TPSA) is 127 Å². The molecule has 3 heterocycles. The number of fused-ring (bicyclic) bond motifs is 1. The molecule has 0 saturated carbocycles. The summed E-state index contributed by atoms with van der Waals surface area (Å²) in [5.74, 6) is 0.165. The zero-order valence-electron chi connectivity index (χ0n) is 10.2. The Bertz CT molecular complexity index is 649. The van der Waals surface area contributed by atoms with E-state index >= 15 is 0 Å². The fourth-order valence-corrected chi connectivity index (χ4v) is 2.53. The summed E-state index contributed by atoms with van der Waals surface area (Å²) in [5.41, 5.74) is 6.67. The number of halogens is 1. The Morgan fingerprint density at radius 3 is 2.80 bits per heavy atom. The number of ether oxygens (including phenoxy) is 1. The van der Waals surface area contributed by atoms with Gasteiger partial charge in [-0.05, 0) is 0 Å². The Kier molecular flexibility index (Phi) is 3.27. The SMILES string of the molecule is Nc1nc(Cl)cc2c1ncn2[C@@H]1O[C@H](CO)[C@H](O)C1O. The molecule has 0 aliphatic carbocycles. The van der Waals surface area contributed by atoms with E-state index in [1.807, 2.05) is 0 Å². The van der Waals surface area contributed by atoms with Crippen LogP contribution in [-0.4, -0.2) is 54.8 Å². The lowest BCUT2D eigenvalue weighted by Gasteiger charge is -2.17. The molecule has 0 spiro atoms. The Morgan fingerprint density at radius 1 is 1.40 bits per heavy atom. The summed E-state index contributed by atoms with van der Waals surface area (Å²) in [6, 6.07) is 1.54. The maximum atomic E-state index is 10.0. The van der Waals surface area contributed by atoms with E-state index in [2.05, 4.69) is 9.97 Å². The smallest absolute Gasteiger partial charge is 0.164 e. The molecule has 5 N–H and O–H groups in total. The third-order valence-corrected chi connectivity index (χ3v) is 3.54. The van der Waals surface area contributed by atoms with Gasteiger partial charge in [-0.2, -0.15) is 0 Å². The first-order chi connectivity index (χ1) is 9.52. The number of aliphatic hydroxyl groups excluding tert-OH is 3. The molecule has 20 heavy (non-hydrogen) atoms. The first-order valence-corrected chi connectivity index (χ1v) is 6.31. The Hall–Kier alpha value is -1.45. The molecule has 108 valence electrons. The van der Waals surface area contributed by atoms with Crippen molar-refractivity contribution in [3.63, 3.8) is 0 Å². The van der Waals surface area contributed by atoms with E-state index in [0.29, 0.717) is 11.0 Å². The van der Waals surface area contributed by atoms with Gasteiger partial charge in [-0.25, -0.2) is 9.97 Å². The highest BCUT2D eigenvalue weighted by Crippen LogP contribution is 2.33. The first-order valence-electron chi connectivity index (χ1n) is 5.94. The molecule has 3 rings (SSSR count). The van der Waals surface area contributed by atoms with Crippen molar-refractivity contribution in [2.45, 2.75) is 24.5 Å². The lowest BCUT2D eigenvalue weighted by atomic mass is 10.1. The summed E-state index contributed by atoms with van der Waals surface area (Å²) in [4.78, 5) is 7.98. The molecule has 4 atom stereocenters. The van der Waals surface area contributed by atoms with Gasteiger partial charge in [-0.1, -0.05) is 11.6 Å². The van der Waals surface area contributed by atoms with Gasteiger partial charge >= 0.3 is 0 Å². The highest BCUT2D eigenvalue weighted by molar-refractivity contribution is 6.30. The van der Waals surface area contributed by atoms with Crippen molar-refractivity contribution < 1.29 is 20.1 Å². The van der Waals surface area contributed by atoms with Gasteiger partial charge in [0.25, 0.3) is 0 Å². The molecule has 2 aromatic rings. The van der Waals surface area contributed by atoms with Gasteiger partial charge in [0, 0.05) is 6.07 Å². The molecule has 0 radical (unpaired) electrons. The average molecular weight is 301 g/mol. The highest BCUT2D eigenvalue weighted by Gasteiger charge is 2.43. The highest BCUT2D eigenvalue weighted by atomic mass is 35.5. The van der Waals surface area contributed by atoms with Crippen molar-refractivity contribution in [3.05, 3.63) is 17.5 Å². The predicted octanol–water partition coefficient (Wildman–Crippen LogP) is -0.722. The number of anilines is 1. The monoisotopic (exact) mass is 300 g/mol. The molecule has 1 fully saturated rings. The minimum absolute atomic E-state index is 0.165. The summed E-state index contributed by atoms with van der Waals surface area (Å²) in [5, 5.41) is 29.1. The van der Waals surface area contributed by atoms with Crippen LogP contribution < -0.4 is 5.73 Å². The number of nitrogen functional groups attached to an aromatic ring is 1. The summed E-state index contributed by atoms with van der Waals surface area (Å²) in [6.07, 6.45) is -2.71. The summed E-state index contributed by atoms with van der Waals surface area (Å²) < 4.78 is 6.94. The first kappa shape index (κ1) is 13.5. The molecular formula is C11H13ClN4O4. The van der Waals surface area contributed by atoms with Gasteiger partial charge in [0.05, 0.1) is 18.5 Å². The minimum Gasteiger partial charge on any atom is -0.394 e. The van der Waals surface area contributed by atoms with E-state index in [4.69, 9.17) is 27.2 Å². The maximum Gasteiger partial charge on any atom is 0.164 e. The predicted molar refractivity (Wildman–Crippen MR) is 70.0 cm³/mol. The van der Waals surface area contributed by atoms with Crippen LogP contribution in [0.4, 0.5) is 5.82 Å². The number of pyridine rings is 1. The maximum absolute atomic E-state index is 10.0. The van der Waals surface area contributed by atoms with Crippen LogP contribution in [0.25, 0.3) is 11.0 Å². The standard InChI is InChI=1S/C11H13ClN4O4/c12-6-1-4-7(10(13)15-6)14-3-16(4)11-9(19)8(18)5(2-17)20-11/h1,3,5,8-9,11,17-19H,2H2,(H2,13,15)/t5-,8+,9?,11-/m1/s1. The number of rotatable bonds is 2. The van der Waals surface area contributed by atoms with Crippen molar-refractivity contribution in [1.29, 1.82) is 0 Å². The second kappa shape index (κ2) is 4.83. The van der Waals surface area contributed by atoms with E-state index < -0.39 is 31.1 Å². The van der Waals surface area contributed by atoms with Crippen molar-refractivity contribution in [2.75, 3.05) is 12.3 Å². The molecule has 1 aliphatic rings. The number of aromatic nitrogens is 3. The quantitative estimate of drug-likeness (QED) is 0.539. The van der Waals surface area contributed by atoms with Crippen LogP contribution in [0, 0.1) is 0 Å². The number of hydrogen-bond acceptors (Lipinski definition) is 7. The van der Waals surface area contributed by atoms with Crippen LogP contribution in [0.3, 0.4) is 0 Å². The minimum atomic E-state index is -1.20. The van der Waals surface area contributed by atoms with Crippen molar-refractivity contribution in [1.82, 2.24) is 14.5 Å². The molecular weight excluding hydrogens is 288 g/mol. The second-order valence-electron chi connectivity index (χ2n) is 4.58.